The highest BCUT2D eigenvalue weighted by Gasteiger charge is 2.17. The van der Waals surface area contributed by atoms with Gasteiger partial charge in [0.05, 0.1) is 5.75 Å². The number of ether oxygens (including phenoxy) is 1. The molecule has 8 heteroatoms. The molecule has 158 valence electrons. The van der Waals surface area contributed by atoms with Crippen molar-refractivity contribution in [2.75, 3.05) is 16.8 Å². The van der Waals surface area contributed by atoms with Crippen molar-refractivity contribution in [1.82, 2.24) is 0 Å². The molecule has 0 aliphatic heterocycles. The molecule has 0 saturated carbocycles. The van der Waals surface area contributed by atoms with Gasteiger partial charge in [0.25, 0.3) is 0 Å². The van der Waals surface area contributed by atoms with Crippen LogP contribution in [0.1, 0.15) is 37.3 Å². The van der Waals surface area contributed by atoms with Gasteiger partial charge in [-0.15, -0.1) is 0 Å². The van der Waals surface area contributed by atoms with E-state index < -0.39 is 28.1 Å². The van der Waals surface area contributed by atoms with E-state index in [0.717, 1.165) is 18.4 Å². The average Bonchev–Trinajstić information content (AvgIpc) is 2.64. The Morgan fingerprint density at radius 3 is 2.48 bits per heavy atom. The van der Waals surface area contributed by atoms with Gasteiger partial charge in [0.2, 0.25) is 5.91 Å². The minimum atomic E-state index is -3.49. The Balaban J connectivity index is 2.12. The van der Waals surface area contributed by atoms with Gasteiger partial charge in [-0.1, -0.05) is 50.1 Å². The van der Waals surface area contributed by atoms with Crippen LogP contribution in [0.4, 0.5) is 14.5 Å². The van der Waals surface area contributed by atoms with Crippen molar-refractivity contribution in [2.24, 2.45) is 0 Å². The van der Waals surface area contributed by atoms with Gasteiger partial charge in [-0.2, -0.15) is 8.78 Å². The summed E-state index contributed by atoms with van der Waals surface area (Å²) < 4.78 is 54.0. The molecular weight excluding hydrogens is 400 g/mol. The fourth-order valence-electron chi connectivity index (χ4n) is 2.86. The Bertz CT molecular complexity index is 902. The number of unbranched alkanes of at least 4 members (excludes halogenated alkanes) is 2. The van der Waals surface area contributed by atoms with E-state index in [9.17, 15) is 22.0 Å². The molecule has 0 heterocycles. The van der Waals surface area contributed by atoms with Crippen LogP contribution in [0.5, 0.6) is 5.75 Å². The first-order chi connectivity index (χ1) is 13.8. The molecule has 0 radical (unpaired) electrons. The molecular formula is C21H25F2NO4S. The predicted molar refractivity (Wildman–Crippen MR) is 109 cm³/mol. The second-order valence-corrected chi connectivity index (χ2v) is 8.89. The minimum Gasteiger partial charge on any atom is -0.435 e. The maximum absolute atomic E-state index is 12.7. The van der Waals surface area contributed by atoms with Gasteiger partial charge >= 0.3 is 6.61 Å². The zero-order chi connectivity index (χ0) is 21.3. The van der Waals surface area contributed by atoms with Crippen molar-refractivity contribution in [3.8, 4) is 5.75 Å². The number of amides is 1. The molecule has 2 rings (SSSR count). The van der Waals surface area contributed by atoms with Crippen LogP contribution in [0.25, 0.3) is 0 Å². The van der Waals surface area contributed by atoms with Crippen LogP contribution < -0.4 is 10.1 Å². The summed E-state index contributed by atoms with van der Waals surface area (Å²) in [5.41, 5.74) is 1.67. The van der Waals surface area contributed by atoms with Crippen LogP contribution in [0.15, 0.2) is 48.5 Å². The first-order valence-corrected chi connectivity index (χ1v) is 11.2. The Morgan fingerprint density at radius 2 is 1.83 bits per heavy atom. The second kappa shape index (κ2) is 10.9. The molecule has 0 unspecified atom stereocenters. The highest BCUT2D eigenvalue weighted by Crippen LogP contribution is 2.27. The first kappa shape index (κ1) is 22.8. The number of benzene rings is 2. The number of hydrogen-bond acceptors (Lipinski definition) is 4. The first-order valence-electron chi connectivity index (χ1n) is 9.41. The fraction of sp³-hybridized carbons (Fsp3) is 0.381. The van der Waals surface area contributed by atoms with E-state index in [4.69, 9.17) is 0 Å². The summed E-state index contributed by atoms with van der Waals surface area (Å²) in [7, 11) is -3.49. The maximum atomic E-state index is 12.7. The molecule has 0 saturated heterocycles. The van der Waals surface area contributed by atoms with Crippen LogP contribution in [0.2, 0.25) is 0 Å². The van der Waals surface area contributed by atoms with E-state index in [-0.39, 0.29) is 11.5 Å². The molecule has 0 aliphatic carbocycles. The van der Waals surface area contributed by atoms with E-state index in [2.05, 4.69) is 10.1 Å². The van der Waals surface area contributed by atoms with Crippen molar-refractivity contribution < 1.29 is 26.7 Å². The summed E-state index contributed by atoms with van der Waals surface area (Å²) in [5.74, 6) is -1.29. The van der Waals surface area contributed by atoms with Gasteiger partial charge in [0.15, 0.2) is 9.84 Å². The minimum absolute atomic E-state index is 0.00837. The highest BCUT2D eigenvalue weighted by molar-refractivity contribution is 7.92. The molecule has 2 aromatic carbocycles. The van der Waals surface area contributed by atoms with Crippen molar-refractivity contribution in [3.05, 3.63) is 59.7 Å². The van der Waals surface area contributed by atoms with E-state index >= 15 is 0 Å². The lowest BCUT2D eigenvalue weighted by atomic mass is 10.0. The molecule has 0 fully saturated rings. The number of halogens is 2. The van der Waals surface area contributed by atoms with Crippen molar-refractivity contribution in [1.29, 1.82) is 0 Å². The molecule has 0 aromatic heterocycles. The van der Waals surface area contributed by atoms with Gasteiger partial charge in [0, 0.05) is 17.7 Å². The van der Waals surface area contributed by atoms with Gasteiger partial charge in [-0.25, -0.2) is 8.42 Å². The normalized spacial score (nSPS) is 11.4. The Labute approximate surface area is 170 Å². The van der Waals surface area contributed by atoms with Crippen LogP contribution in [-0.4, -0.2) is 32.4 Å². The monoisotopic (exact) mass is 425 g/mol. The number of nitrogens with one attached hydrogen (secondary N) is 1. The van der Waals surface area contributed by atoms with Gasteiger partial charge in [-0.05, 0) is 30.2 Å². The summed E-state index contributed by atoms with van der Waals surface area (Å²) >= 11 is 0. The SMILES string of the molecule is CCCCCS(=O)(=O)CC(=O)Nc1ccc(OC(F)F)c(Cc2ccccc2)c1. The second-order valence-electron chi connectivity index (χ2n) is 6.71. The summed E-state index contributed by atoms with van der Waals surface area (Å²) in [6, 6.07) is 13.5. The summed E-state index contributed by atoms with van der Waals surface area (Å²) in [4.78, 5) is 12.2. The number of alkyl halides is 2. The third-order valence-electron chi connectivity index (χ3n) is 4.21. The molecule has 1 amide bonds. The zero-order valence-corrected chi connectivity index (χ0v) is 17.1. The Kier molecular flexibility index (Phi) is 8.57. The van der Waals surface area contributed by atoms with E-state index in [0.29, 0.717) is 24.1 Å². The third-order valence-corrected chi connectivity index (χ3v) is 5.82. The quantitative estimate of drug-likeness (QED) is 0.541. The third kappa shape index (κ3) is 8.19. The van der Waals surface area contributed by atoms with E-state index in [1.807, 2.05) is 37.3 Å². The standard InChI is InChI=1S/C21H25F2NO4S/c1-2-3-7-12-29(26,27)15-20(25)24-18-10-11-19(28-21(22)23)17(14-18)13-16-8-5-4-6-9-16/h4-6,8-11,14,21H,2-3,7,12-13,15H2,1H3,(H,24,25). The lowest BCUT2D eigenvalue weighted by Crippen LogP contribution is -2.24. The summed E-state index contributed by atoms with van der Waals surface area (Å²) in [6.07, 6.45) is 2.52. The number of hydrogen-bond donors (Lipinski definition) is 1. The highest BCUT2D eigenvalue weighted by atomic mass is 32.2. The maximum Gasteiger partial charge on any atom is 0.387 e. The number of rotatable bonds is 11. The predicted octanol–water partition coefficient (Wildman–Crippen LogP) is 4.42. The summed E-state index contributed by atoms with van der Waals surface area (Å²) in [6.45, 7) is -1.01. The lowest BCUT2D eigenvalue weighted by molar-refractivity contribution is -0.113. The molecule has 1 N–H and O–H groups in total. The Hall–Kier alpha value is -2.48. The van der Waals surface area contributed by atoms with Crippen molar-refractivity contribution >= 4 is 21.4 Å². The fourth-order valence-corrected chi connectivity index (χ4v) is 4.12. The van der Waals surface area contributed by atoms with E-state index in [1.54, 1.807) is 0 Å². The van der Waals surface area contributed by atoms with Crippen LogP contribution in [0, 0.1) is 0 Å². The van der Waals surface area contributed by atoms with Gasteiger partial charge in [-0.3, -0.25) is 4.79 Å². The smallest absolute Gasteiger partial charge is 0.387 e. The topological polar surface area (TPSA) is 72.5 Å². The average molecular weight is 425 g/mol. The van der Waals surface area contributed by atoms with Gasteiger partial charge in [0.1, 0.15) is 11.5 Å². The van der Waals surface area contributed by atoms with Crippen LogP contribution >= 0.6 is 0 Å². The zero-order valence-electron chi connectivity index (χ0n) is 16.2. The van der Waals surface area contributed by atoms with Gasteiger partial charge < -0.3 is 10.1 Å². The molecule has 5 nitrogen and oxygen atoms in total. The molecule has 0 aliphatic rings. The summed E-state index contributed by atoms with van der Waals surface area (Å²) in [5, 5.41) is 2.53. The van der Waals surface area contributed by atoms with Crippen LogP contribution in [0.3, 0.4) is 0 Å². The molecule has 29 heavy (non-hydrogen) atoms. The number of anilines is 1. The van der Waals surface area contributed by atoms with E-state index in [1.165, 1.54) is 18.2 Å². The molecule has 0 atom stereocenters. The lowest BCUT2D eigenvalue weighted by Gasteiger charge is -2.13. The van der Waals surface area contributed by atoms with Crippen molar-refractivity contribution in [2.45, 2.75) is 39.2 Å². The molecule has 0 spiro atoms. The number of carbonyl (C=O) groups excluding carboxylic acids is 1. The number of sulfone groups is 1. The largest absolute Gasteiger partial charge is 0.435 e. The number of carbonyl (C=O) groups is 1. The molecule has 0 bridgehead atoms. The van der Waals surface area contributed by atoms with Crippen LogP contribution in [-0.2, 0) is 21.1 Å². The Morgan fingerprint density at radius 1 is 1.10 bits per heavy atom. The molecule has 2 aromatic rings. The van der Waals surface area contributed by atoms with Crippen molar-refractivity contribution in [3.63, 3.8) is 0 Å².